The smallest absolute Gasteiger partial charge is 0.222 e. The second-order valence-corrected chi connectivity index (χ2v) is 5.24. The predicted octanol–water partition coefficient (Wildman–Crippen LogP) is 1.94. The molecule has 1 amide bonds. The number of carbonyl (C=O) groups excluding carboxylic acids is 1. The first-order valence-electron chi connectivity index (χ1n) is 7.09. The molecule has 0 aliphatic carbocycles. The SMILES string of the molecule is CNCCN(C)C(=O)CC(C)Cc1ccccc1OC. The lowest BCUT2D eigenvalue weighted by atomic mass is 9.97. The van der Waals surface area contributed by atoms with Crippen molar-refractivity contribution < 1.29 is 9.53 Å². The molecule has 0 spiro atoms. The molecule has 0 radical (unpaired) electrons. The first-order valence-corrected chi connectivity index (χ1v) is 7.09. The Morgan fingerprint density at radius 3 is 2.75 bits per heavy atom. The van der Waals surface area contributed by atoms with Gasteiger partial charge in [-0.05, 0) is 31.0 Å². The fraction of sp³-hybridized carbons (Fsp3) is 0.562. The number of benzene rings is 1. The largest absolute Gasteiger partial charge is 0.496 e. The molecular formula is C16H26N2O2. The van der Waals surface area contributed by atoms with Crippen molar-refractivity contribution in [1.29, 1.82) is 0 Å². The fourth-order valence-electron chi connectivity index (χ4n) is 2.18. The maximum absolute atomic E-state index is 12.1. The van der Waals surface area contributed by atoms with E-state index in [1.165, 1.54) is 0 Å². The summed E-state index contributed by atoms with van der Waals surface area (Å²) in [6, 6.07) is 7.99. The Morgan fingerprint density at radius 2 is 2.10 bits per heavy atom. The number of carbonyl (C=O) groups is 1. The maximum Gasteiger partial charge on any atom is 0.222 e. The lowest BCUT2D eigenvalue weighted by Crippen LogP contribution is -2.33. The zero-order valence-corrected chi connectivity index (χ0v) is 13.0. The molecule has 0 saturated heterocycles. The van der Waals surface area contributed by atoms with Crippen molar-refractivity contribution >= 4 is 5.91 Å². The van der Waals surface area contributed by atoms with Gasteiger partial charge in [0.25, 0.3) is 0 Å². The van der Waals surface area contributed by atoms with Gasteiger partial charge in [0.15, 0.2) is 0 Å². The van der Waals surface area contributed by atoms with Crippen LogP contribution in [0.25, 0.3) is 0 Å². The number of ether oxygens (including phenoxy) is 1. The highest BCUT2D eigenvalue weighted by Crippen LogP contribution is 2.22. The van der Waals surface area contributed by atoms with Gasteiger partial charge in [0.1, 0.15) is 5.75 Å². The molecule has 4 heteroatoms. The van der Waals surface area contributed by atoms with Gasteiger partial charge in [-0.25, -0.2) is 0 Å². The number of para-hydroxylation sites is 1. The van der Waals surface area contributed by atoms with E-state index in [1.807, 2.05) is 32.3 Å². The summed E-state index contributed by atoms with van der Waals surface area (Å²) in [5.41, 5.74) is 1.16. The van der Waals surface area contributed by atoms with E-state index in [0.717, 1.165) is 30.8 Å². The summed E-state index contributed by atoms with van der Waals surface area (Å²) in [5, 5.41) is 3.05. The Hall–Kier alpha value is -1.55. The summed E-state index contributed by atoms with van der Waals surface area (Å²) in [4.78, 5) is 13.9. The first-order chi connectivity index (χ1) is 9.58. The van der Waals surface area contributed by atoms with E-state index in [0.29, 0.717) is 12.3 Å². The van der Waals surface area contributed by atoms with Crippen LogP contribution in [-0.2, 0) is 11.2 Å². The van der Waals surface area contributed by atoms with Crippen molar-refractivity contribution in [3.8, 4) is 5.75 Å². The van der Waals surface area contributed by atoms with E-state index in [-0.39, 0.29) is 5.91 Å². The van der Waals surface area contributed by atoms with Crippen LogP contribution in [0.3, 0.4) is 0 Å². The van der Waals surface area contributed by atoms with Crippen molar-refractivity contribution in [2.45, 2.75) is 19.8 Å². The van der Waals surface area contributed by atoms with Crippen molar-refractivity contribution in [3.05, 3.63) is 29.8 Å². The summed E-state index contributed by atoms with van der Waals surface area (Å²) in [6.45, 7) is 3.68. The third-order valence-corrected chi connectivity index (χ3v) is 3.41. The Morgan fingerprint density at radius 1 is 1.40 bits per heavy atom. The molecule has 112 valence electrons. The van der Waals surface area contributed by atoms with Gasteiger partial charge in [0.05, 0.1) is 7.11 Å². The molecule has 1 rings (SSSR count). The molecule has 20 heavy (non-hydrogen) atoms. The van der Waals surface area contributed by atoms with E-state index in [2.05, 4.69) is 18.3 Å². The van der Waals surface area contributed by atoms with Gasteiger partial charge < -0.3 is 15.0 Å². The molecule has 1 aromatic rings. The highest BCUT2D eigenvalue weighted by Gasteiger charge is 2.15. The molecule has 1 N–H and O–H groups in total. The monoisotopic (exact) mass is 278 g/mol. The maximum atomic E-state index is 12.1. The topological polar surface area (TPSA) is 41.6 Å². The molecule has 0 fully saturated rings. The van der Waals surface area contributed by atoms with E-state index >= 15 is 0 Å². The lowest BCUT2D eigenvalue weighted by molar-refractivity contribution is -0.130. The Kier molecular flexibility index (Phi) is 7.09. The number of hydrogen-bond acceptors (Lipinski definition) is 3. The second kappa shape index (κ2) is 8.59. The molecule has 0 aliphatic rings. The average Bonchev–Trinajstić information content (AvgIpc) is 2.45. The molecular weight excluding hydrogens is 252 g/mol. The van der Waals surface area contributed by atoms with Crippen LogP contribution >= 0.6 is 0 Å². The van der Waals surface area contributed by atoms with Crippen LogP contribution in [0.4, 0.5) is 0 Å². The zero-order valence-electron chi connectivity index (χ0n) is 13.0. The molecule has 0 aliphatic heterocycles. The van der Waals surface area contributed by atoms with Crippen LogP contribution in [0.1, 0.15) is 18.9 Å². The standard InChI is InChI=1S/C16H26N2O2/c1-13(12-16(19)18(3)10-9-17-2)11-14-7-5-6-8-15(14)20-4/h5-8,13,17H,9-12H2,1-4H3. The van der Waals surface area contributed by atoms with Crippen LogP contribution in [0.5, 0.6) is 5.75 Å². The number of amides is 1. The first kappa shape index (κ1) is 16.5. The third-order valence-electron chi connectivity index (χ3n) is 3.41. The van der Waals surface area contributed by atoms with E-state index < -0.39 is 0 Å². The Bertz CT molecular complexity index is 421. The van der Waals surface area contributed by atoms with E-state index in [4.69, 9.17) is 4.74 Å². The number of likely N-dealkylation sites (N-methyl/N-ethyl adjacent to an activating group) is 2. The summed E-state index contributed by atoms with van der Waals surface area (Å²) >= 11 is 0. The van der Waals surface area contributed by atoms with E-state index in [1.54, 1.807) is 12.0 Å². The quantitative estimate of drug-likeness (QED) is 0.790. The van der Waals surface area contributed by atoms with Crippen molar-refractivity contribution in [2.24, 2.45) is 5.92 Å². The van der Waals surface area contributed by atoms with Gasteiger partial charge in [-0.15, -0.1) is 0 Å². The number of rotatable bonds is 8. The van der Waals surface area contributed by atoms with Crippen LogP contribution in [0.15, 0.2) is 24.3 Å². The van der Waals surface area contributed by atoms with E-state index in [9.17, 15) is 4.79 Å². The molecule has 1 unspecified atom stereocenters. The second-order valence-electron chi connectivity index (χ2n) is 5.24. The third kappa shape index (κ3) is 5.21. The highest BCUT2D eigenvalue weighted by molar-refractivity contribution is 5.76. The van der Waals surface area contributed by atoms with Gasteiger partial charge in [-0.3, -0.25) is 4.79 Å². The van der Waals surface area contributed by atoms with Crippen molar-refractivity contribution in [1.82, 2.24) is 10.2 Å². The summed E-state index contributed by atoms with van der Waals surface area (Å²) in [7, 11) is 5.43. The van der Waals surface area contributed by atoms with Gasteiger partial charge in [0, 0.05) is 26.6 Å². The number of nitrogens with one attached hydrogen (secondary N) is 1. The number of methoxy groups -OCH3 is 1. The fourth-order valence-corrected chi connectivity index (χ4v) is 2.18. The van der Waals surface area contributed by atoms with Crippen LogP contribution < -0.4 is 10.1 Å². The minimum absolute atomic E-state index is 0.197. The van der Waals surface area contributed by atoms with Crippen molar-refractivity contribution in [3.63, 3.8) is 0 Å². The number of nitrogens with zero attached hydrogens (tertiary/aromatic N) is 1. The van der Waals surface area contributed by atoms with Gasteiger partial charge >= 0.3 is 0 Å². The van der Waals surface area contributed by atoms with Crippen LogP contribution in [0, 0.1) is 5.92 Å². The zero-order chi connectivity index (χ0) is 15.0. The van der Waals surface area contributed by atoms with Crippen LogP contribution in [-0.4, -0.2) is 45.1 Å². The lowest BCUT2D eigenvalue weighted by Gasteiger charge is -2.20. The number of hydrogen-bond donors (Lipinski definition) is 1. The van der Waals surface area contributed by atoms with Crippen LogP contribution in [0.2, 0.25) is 0 Å². The minimum Gasteiger partial charge on any atom is -0.496 e. The molecule has 4 nitrogen and oxygen atoms in total. The minimum atomic E-state index is 0.197. The Labute approximate surface area is 122 Å². The molecule has 0 saturated carbocycles. The summed E-state index contributed by atoms with van der Waals surface area (Å²) in [6.07, 6.45) is 1.42. The molecule has 1 aromatic carbocycles. The highest BCUT2D eigenvalue weighted by atomic mass is 16.5. The van der Waals surface area contributed by atoms with Gasteiger partial charge in [0.2, 0.25) is 5.91 Å². The Balaban J connectivity index is 2.50. The molecule has 0 heterocycles. The molecule has 0 bridgehead atoms. The van der Waals surface area contributed by atoms with Crippen molar-refractivity contribution in [2.75, 3.05) is 34.3 Å². The normalized spacial score (nSPS) is 12.0. The molecule has 1 atom stereocenters. The molecule has 0 aromatic heterocycles. The average molecular weight is 278 g/mol. The summed E-state index contributed by atoms with van der Waals surface area (Å²) < 4.78 is 5.35. The van der Waals surface area contributed by atoms with Gasteiger partial charge in [-0.1, -0.05) is 25.1 Å². The van der Waals surface area contributed by atoms with Gasteiger partial charge in [-0.2, -0.15) is 0 Å². The summed E-state index contributed by atoms with van der Waals surface area (Å²) in [5.74, 6) is 1.40. The predicted molar refractivity (Wildman–Crippen MR) is 82.0 cm³/mol.